The molecule has 0 bridgehead atoms. The summed E-state index contributed by atoms with van der Waals surface area (Å²) in [5.74, 6) is 2.11. The maximum absolute atomic E-state index is 13.9. The minimum Gasteiger partial charge on any atom is -0.493 e. The first-order valence-corrected chi connectivity index (χ1v) is 32.1. The second-order valence-corrected chi connectivity index (χ2v) is 24.9. The zero-order chi connectivity index (χ0) is 62.9. The fourth-order valence-corrected chi connectivity index (χ4v) is 12.8. The van der Waals surface area contributed by atoms with E-state index >= 15 is 0 Å². The van der Waals surface area contributed by atoms with Crippen LogP contribution >= 0.6 is 0 Å². The molecule has 20 heteroatoms. The van der Waals surface area contributed by atoms with Crippen LogP contribution in [0.4, 0.5) is 21.9 Å². The normalized spacial score (nSPS) is 17.0. The van der Waals surface area contributed by atoms with Crippen molar-refractivity contribution < 1.29 is 51.2 Å². The lowest BCUT2D eigenvalue weighted by Crippen LogP contribution is -2.48. The van der Waals surface area contributed by atoms with Crippen LogP contribution < -0.4 is 50.1 Å². The number of amidine groups is 1. The van der Waals surface area contributed by atoms with Crippen molar-refractivity contribution in [3.63, 3.8) is 0 Å². The summed E-state index contributed by atoms with van der Waals surface area (Å²) in [5.41, 5.74) is 15.6. The van der Waals surface area contributed by atoms with E-state index in [0.717, 1.165) is 111 Å². The number of nitrogens with one attached hydrogen (secondary N) is 3. The number of nitrogens with zero attached hydrogens (tertiary/aromatic N) is 5. The Morgan fingerprint density at radius 3 is 1.69 bits per heavy atom. The smallest absolute Gasteiger partial charge is 0.410 e. The third-order valence-corrected chi connectivity index (χ3v) is 17.3. The number of hydrogen-bond donors (Lipinski definition) is 3. The SMILES string of the molecule is C.COc1cc2c(cc1OCc1ccccc1)CCN(C(=O)OC(C)(C)C)C2CS(=O)(=O)C1=NNNN1c1ccccc1.COc1cc2c(cc1OCc1ccccc1)CCNC2/C=C/c1ccccc1N1CCOCC1.O=Cc1ccccc1N1CCOCC1. The fourth-order valence-electron chi connectivity index (χ4n) is 11.3. The lowest BCUT2D eigenvalue weighted by molar-refractivity contribution is 0.0162. The van der Waals surface area contributed by atoms with E-state index in [9.17, 15) is 18.0 Å². The third kappa shape index (κ3) is 17.3. The Bertz CT molecular complexity index is 3690. The molecule has 12 rings (SSSR count). The van der Waals surface area contributed by atoms with Gasteiger partial charge in [0, 0.05) is 56.2 Å². The Labute approximate surface area is 535 Å². The number of carbonyl (C=O) groups excluding carboxylic acids is 2. The molecule has 7 aromatic carbocycles. The van der Waals surface area contributed by atoms with Gasteiger partial charge >= 0.3 is 6.09 Å². The molecule has 2 unspecified atom stereocenters. The largest absolute Gasteiger partial charge is 0.493 e. The average molecular weight is 1260 g/mol. The van der Waals surface area contributed by atoms with Gasteiger partial charge in [-0.15, -0.1) is 10.6 Å². The molecule has 2 saturated heterocycles. The highest BCUT2D eigenvalue weighted by molar-refractivity contribution is 8.06. The van der Waals surface area contributed by atoms with Gasteiger partial charge in [0.1, 0.15) is 18.8 Å². The molecule has 0 aromatic heterocycles. The molecule has 2 fully saturated rings. The zero-order valence-electron chi connectivity index (χ0n) is 51.7. The summed E-state index contributed by atoms with van der Waals surface area (Å²) in [4.78, 5) is 30.3. The average Bonchev–Trinajstić information content (AvgIpc) is 1.73. The first-order chi connectivity index (χ1) is 43.8. The fraction of sp³-hybridized carbons (Fsp3) is 0.338. The highest BCUT2D eigenvalue weighted by Gasteiger charge is 2.41. The number of methoxy groups -OCH3 is 2. The molecule has 5 heterocycles. The maximum Gasteiger partial charge on any atom is 0.410 e. The van der Waals surface area contributed by atoms with E-state index in [0.29, 0.717) is 42.4 Å². The number of aldehydes is 1. The molecule has 480 valence electrons. The first kappa shape index (κ1) is 66.5. The highest BCUT2D eigenvalue weighted by Crippen LogP contribution is 2.41. The standard InChI is InChI=1S/C30H35N5O6S.C29H32N2O3.C11H13NO2.CH4/c1-30(2,3)41-29(36)34-16-15-22-17-27(40-19-21-11-7-5-8-12-21)26(39-4)18-24(22)25(34)20-42(37,38)28-31-32-33-35(28)23-13-9-6-10-14-23;1-32-28-20-25-24(19-29(28)34-21-22-7-3-2-4-8-22)13-14-30-26(25)12-11-23-9-5-6-10-27(23)31-15-17-33-18-16-31;13-9-10-3-1-2-4-11(10)12-5-7-14-8-6-12;/h5-14,17-18,25,32-33H,15-16,19-20H2,1-4H3;2-12,19-20,26,30H,13-18,21H2,1H3;1-4,9H,5-8H2;1H4/b;12-11+;;. The highest BCUT2D eigenvalue weighted by atomic mass is 32.2. The third-order valence-electron chi connectivity index (χ3n) is 15.8. The number of para-hydroxylation sites is 3. The summed E-state index contributed by atoms with van der Waals surface area (Å²) in [7, 11) is -0.824. The minimum atomic E-state index is -4.06. The summed E-state index contributed by atoms with van der Waals surface area (Å²) >= 11 is 0. The van der Waals surface area contributed by atoms with Crippen LogP contribution in [-0.4, -0.2) is 122 Å². The van der Waals surface area contributed by atoms with Crippen molar-refractivity contribution in [2.45, 2.75) is 71.9 Å². The monoisotopic (exact) mass is 1260 g/mol. The molecule has 5 aliphatic heterocycles. The van der Waals surface area contributed by atoms with Crippen LogP contribution in [0, 0.1) is 0 Å². The number of hydrazone groups is 1. The van der Waals surface area contributed by atoms with Crippen molar-refractivity contribution in [2.75, 3.05) is 100 Å². The molecular formula is C71H84N8O11S. The summed E-state index contributed by atoms with van der Waals surface area (Å²) in [6, 6.07) is 52.4. The number of hydrazine groups is 2. The number of hydrogen-bond acceptors (Lipinski definition) is 18. The number of carbonyl (C=O) groups is 2. The Morgan fingerprint density at radius 1 is 0.637 bits per heavy atom. The van der Waals surface area contributed by atoms with E-state index in [1.54, 1.807) is 58.2 Å². The van der Waals surface area contributed by atoms with Gasteiger partial charge in [0.2, 0.25) is 9.84 Å². The lowest BCUT2D eigenvalue weighted by Gasteiger charge is -2.38. The first-order valence-electron chi connectivity index (χ1n) is 30.4. The summed E-state index contributed by atoms with van der Waals surface area (Å²) < 4.78 is 68.0. The lowest BCUT2D eigenvalue weighted by atomic mass is 9.93. The second kappa shape index (κ2) is 31.7. The number of amides is 1. The Balaban J connectivity index is 0.000000178. The van der Waals surface area contributed by atoms with E-state index in [-0.39, 0.29) is 25.2 Å². The van der Waals surface area contributed by atoms with Crippen LogP contribution in [0.1, 0.15) is 89.6 Å². The maximum atomic E-state index is 13.9. The number of fused-ring (bicyclic) bond motifs is 2. The minimum absolute atomic E-state index is 0. The molecule has 5 aliphatic rings. The summed E-state index contributed by atoms with van der Waals surface area (Å²) in [6.45, 7) is 14.0. The van der Waals surface area contributed by atoms with Gasteiger partial charge in [0.05, 0.1) is 64.2 Å². The second-order valence-electron chi connectivity index (χ2n) is 22.9. The number of sulfone groups is 1. The number of rotatable bonds is 16. The van der Waals surface area contributed by atoms with Gasteiger partial charge in [-0.25, -0.2) is 23.8 Å². The van der Waals surface area contributed by atoms with E-state index in [2.05, 4.69) is 92.0 Å². The van der Waals surface area contributed by atoms with Crippen molar-refractivity contribution in [3.8, 4) is 23.0 Å². The van der Waals surface area contributed by atoms with Crippen LogP contribution in [0.3, 0.4) is 0 Å². The number of ether oxygens (including phenoxy) is 7. The number of benzene rings is 7. The van der Waals surface area contributed by atoms with Crippen LogP contribution in [0.2, 0.25) is 0 Å². The molecule has 0 saturated carbocycles. The number of anilines is 3. The number of morpholine rings is 2. The molecule has 0 aliphatic carbocycles. The summed E-state index contributed by atoms with van der Waals surface area (Å²) in [5, 5.41) is 8.84. The molecule has 19 nitrogen and oxygen atoms in total. The van der Waals surface area contributed by atoms with Crippen molar-refractivity contribution in [2.24, 2.45) is 5.10 Å². The van der Waals surface area contributed by atoms with Crippen LogP contribution in [-0.2, 0) is 50.1 Å². The van der Waals surface area contributed by atoms with Gasteiger partial charge < -0.3 is 48.3 Å². The predicted octanol–water partition coefficient (Wildman–Crippen LogP) is 11.3. The van der Waals surface area contributed by atoms with E-state index < -0.39 is 33.3 Å². The van der Waals surface area contributed by atoms with Gasteiger partial charge in [0.25, 0.3) is 5.17 Å². The summed E-state index contributed by atoms with van der Waals surface area (Å²) in [6.07, 6.45) is 6.27. The zero-order valence-corrected chi connectivity index (χ0v) is 52.5. The quantitative estimate of drug-likeness (QED) is 0.0773. The van der Waals surface area contributed by atoms with Gasteiger partial charge in [-0.1, -0.05) is 129 Å². The van der Waals surface area contributed by atoms with Crippen molar-refractivity contribution >= 4 is 50.5 Å². The Morgan fingerprint density at radius 2 is 1.14 bits per heavy atom. The molecule has 0 radical (unpaired) electrons. The van der Waals surface area contributed by atoms with Crippen molar-refractivity contribution in [1.82, 2.24) is 21.3 Å². The van der Waals surface area contributed by atoms with E-state index in [4.69, 9.17) is 33.2 Å². The van der Waals surface area contributed by atoms with Crippen LogP contribution in [0.5, 0.6) is 23.0 Å². The van der Waals surface area contributed by atoms with Crippen LogP contribution in [0.15, 0.2) is 175 Å². The Kier molecular flexibility index (Phi) is 23.2. The molecule has 2 atom stereocenters. The molecule has 0 spiro atoms. The molecule has 91 heavy (non-hydrogen) atoms. The van der Waals surface area contributed by atoms with E-state index in [1.807, 2.05) is 84.9 Å². The van der Waals surface area contributed by atoms with Gasteiger partial charge in [-0.2, -0.15) is 0 Å². The van der Waals surface area contributed by atoms with E-state index in [1.165, 1.54) is 39.4 Å². The van der Waals surface area contributed by atoms with Crippen molar-refractivity contribution in [1.29, 1.82) is 0 Å². The van der Waals surface area contributed by atoms with Gasteiger partial charge in [-0.05, 0) is 127 Å². The topological polar surface area (TPSA) is 194 Å². The molecule has 7 aromatic rings. The predicted molar refractivity (Wildman–Crippen MR) is 358 cm³/mol. The van der Waals surface area contributed by atoms with Gasteiger partial charge in [0.15, 0.2) is 29.3 Å². The molecule has 1 amide bonds. The molecular weight excluding hydrogens is 1170 g/mol. The van der Waals surface area contributed by atoms with Crippen molar-refractivity contribution in [3.05, 3.63) is 214 Å². The Hall–Kier alpha value is -8.92. The van der Waals surface area contributed by atoms with Gasteiger partial charge in [-0.3, -0.25) is 9.69 Å². The van der Waals surface area contributed by atoms with Crippen LogP contribution in [0.25, 0.3) is 6.08 Å². The molecule has 3 N–H and O–H groups in total.